The molecule has 0 spiro atoms. The first-order valence-corrected chi connectivity index (χ1v) is 6.18. The highest BCUT2D eigenvalue weighted by molar-refractivity contribution is 5.79. The summed E-state index contributed by atoms with van der Waals surface area (Å²) in [5.74, 6) is 5.39. The topological polar surface area (TPSA) is 78.7 Å². The molecule has 1 aliphatic heterocycles. The van der Waals surface area contributed by atoms with E-state index in [2.05, 4.69) is 5.43 Å². The van der Waals surface area contributed by atoms with Crippen molar-refractivity contribution in [1.29, 1.82) is 0 Å². The number of hydrogen-bond acceptors (Lipinski definition) is 3. The number of amides is 3. The highest BCUT2D eigenvalue weighted by atomic mass is 16.2. The molecule has 0 aromatic heterocycles. The molecule has 3 N–H and O–H groups in total. The van der Waals surface area contributed by atoms with Gasteiger partial charge >= 0.3 is 6.03 Å². The van der Waals surface area contributed by atoms with E-state index in [0.717, 1.165) is 12.8 Å². The molecule has 1 aliphatic rings. The van der Waals surface area contributed by atoms with Gasteiger partial charge in [0.15, 0.2) is 0 Å². The Kier molecular flexibility index (Phi) is 5.21. The van der Waals surface area contributed by atoms with Crippen LogP contribution in [-0.2, 0) is 4.79 Å². The molecule has 0 saturated carbocycles. The van der Waals surface area contributed by atoms with Crippen LogP contribution in [0.4, 0.5) is 4.79 Å². The van der Waals surface area contributed by atoms with E-state index in [1.807, 2.05) is 18.7 Å². The molecule has 0 aromatic rings. The fraction of sp³-hybridized carbons (Fsp3) is 0.818. The lowest BCUT2D eigenvalue weighted by molar-refractivity contribution is -0.137. The number of urea groups is 1. The predicted octanol–water partition coefficient (Wildman–Crippen LogP) is 0.150. The summed E-state index contributed by atoms with van der Waals surface area (Å²) in [6.07, 6.45) is 1.75. The second-order valence-electron chi connectivity index (χ2n) is 4.28. The lowest BCUT2D eigenvalue weighted by atomic mass is 10.0. The first-order valence-electron chi connectivity index (χ1n) is 6.18. The zero-order chi connectivity index (χ0) is 12.8. The van der Waals surface area contributed by atoms with E-state index >= 15 is 0 Å². The Labute approximate surface area is 102 Å². The van der Waals surface area contributed by atoms with Crippen LogP contribution in [0, 0.1) is 5.92 Å². The van der Waals surface area contributed by atoms with Crippen molar-refractivity contribution in [3.05, 3.63) is 0 Å². The van der Waals surface area contributed by atoms with E-state index in [0.29, 0.717) is 26.2 Å². The molecule has 3 amide bonds. The van der Waals surface area contributed by atoms with Gasteiger partial charge in [0.25, 0.3) is 0 Å². The Morgan fingerprint density at radius 3 is 2.00 bits per heavy atom. The van der Waals surface area contributed by atoms with Gasteiger partial charge in [0.2, 0.25) is 5.91 Å². The fourth-order valence-electron chi connectivity index (χ4n) is 2.12. The number of hydrogen-bond donors (Lipinski definition) is 2. The molecular weight excluding hydrogens is 220 g/mol. The van der Waals surface area contributed by atoms with Gasteiger partial charge in [-0.2, -0.15) is 0 Å². The van der Waals surface area contributed by atoms with Crippen molar-refractivity contribution in [3.63, 3.8) is 0 Å². The van der Waals surface area contributed by atoms with E-state index in [1.165, 1.54) is 0 Å². The van der Waals surface area contributed by atoms with Crippen LogP contribution in [-0.4, -0.2) is 47.9 Å². The summed E-state index contributed by atoms with van der Waals surface area (Å²) < 4.78 is 0. The number of carbonyl (C=O) groups is 2. The van der Waals surface area contributed by atoms with Crippen molar-refractivity contribution in [2.45, 2.75) is 26.7 Å². The molecule has 6 nitrogen and oxygen atoms in total. The summed E-state index contributed by atoms with van der Waals surface area (Å²) in [5, 5.41) is 0. The number of rotatable bonds is 3. The average Bonchev–Trinajstić information content (AvgIpc) is 2.39. The molecule has 0 aromatic carbocycles. The average molecular weight is 242 g/mol. The van der Waals surface area contributed by atoms with Crippen molar-refractivity contribution in [2.24, 2.45) is 11.8 Å². The Morgan fingerprint density at radius 1 is 1.12 bits per heavy atom. The second-order valence-corrected chi connectivity index (χ2v) is 4.28. The molecule has 98 valence electrons. The highest BCUT2D eigenvalue weighted by Crippen LogP contribution is 2.13. The summed E-state index contributed by atoms with van der Waals surface area (Å²) in [7, 11) is 0. The molecular formula is C11H22N4O2. The standard InChI is InChI=1S/C11H22N4O2/c1-3-9(4-2)10(16)14-5-7-15(8-6-14)11(17)13-12/h9H,3-8,12H2,1-2H3,(H,13,17). The van der Waals surface area contributed by atoms with E-state index in [1.54, 1.807) is 4.90 Å². The monoisotopic (exact) mass is 242 g/mol. The maximum atomic E-state index is 12.1. The lowest BCUT2D eigenvalue weighted by Crippen LogP contribution is -2.55. The molecule has 1 fully saturated rings. The number of nitrogens with two attached hydrogens (primary N) is 1. The molecule has 0 unspecified atom stereocenters. The number of nitrogens with one attached hydrogen (secondary N) is 1. The van der Waals surface area contributed by atoms with E-state index < -0.39 is 0 Å². The highest BCUT2D eigenvalue weighted by Gasteiger charge is 2.26. The minimum atomic E-state index is -0.278. The summed E-state index contributed by atoms with van der Waals surface area (Å²) in [6, 6.07) is -0.278. The van der Waals surface area contributed by atoms with Gasteiger partial charge in [-0.05, 0) is 12.8 Å². The Hall–Kier alpha value is -1.30. The Morgan fingerprint density at radius 2 is 1.59 bits per heavy atom. The minimum absolute atomic E-state index is 0.116. The summed E-state index contributed by atoms with van der Waals surface area (Å²) >= 11 is 0. The number of piperazine rings is 1. The first kappa shape index (κ1) is 13.8. The zero-order valence-corrected chi connectivity index (χ0v) is 10.6. The quantitative estimate of drug-likeness (QED) is 0.420. The number of carbonyl (C=O) groups excluding carboxylic acids is 2. The molecule has 0 atom stereocenters. The molecule has 0 radical (unpaired) electrons. The van der Waals surface area contributed by atoms with Crippen LogP contribution >= 0.6 is 0 Å². The van der Waals surface area contributed by atoms with Crippen LogP contribution in [0.15, 0.2) is 0 Å². The minimum Gasteiger partial charge on any atom is -0.339 e. The van der Waals surface area contributed by atoms with E-state index in [-0.39, 0.29) is 17.9 Å². The van der Waals surface area contributed by atoms with Gasteiger partial charge in [-0.25, -0.2) is 10.6 Å². The van der Waals surface area contributed by atoms with Crippen LogP contribution in [0.5, 0.6) is 0 Å². The molecule has 1 rings (SSSR count). The van der Waals surface area contributed by atoms with Gasteiger partial charge in [0.1, 0.15) is 0 Å². The number of hydrazine groups is 1. The zero-order valence-electron chi connectivity index (χ0n) is 10.6. The van der Waals surface area contributed by atoms with Gasteiger partial charge in [0.05, 0.1) is 0 Å². The van der Waals surface area contributed by atoms with Crippen molar-refractivity contribution >= 4 is 11.9 Å². The van der Waals surface area contributed by atoms with Crippen LogP contribution < -0.4 is 11.3 Å². The summed E-state index contributed by atoms with van der Waals surface area (Å²) in [5.41, 5.74) is 2.11. The molecule has 0 bridgehead atoms. The van der Waals surface area contributed by atoms with Crippen LogP contribution in [0.3, 0.4) is 0 Å². The Bertz CT molecular complexity index is 271. The number of nitrogens with zero attached hydrogens (tertiary/aromatic N) is 2. The molecule has 1 heterocycles. The van der Waals surface area contributed by atoms with Crippen molar-refractivity contribution in [2.75, 3.05) is 26.2 Å². The van der Waals surface area contributed by atoms with Gasteiger partial charge in [-0.15, -0.1) is 0 Å². The van der Waals surface area contributed by atoms with Crippen LogP contribution in [0.2, 0.25) is 0 Å². The largest absolute Gasteiger partial charge is 0.339 e. The predicted molar refractivity (Wildman–Crippen MR) is 64.9 cm³/mol. The van der Waals surface area contributed by atoms with Gasteiger partial charge in [-0.3, -0.25) is 10.2 Å². The molecule has 0 aliphatic carbocycles. The van der Waals surface area contributed by atoms with Gasteiger partial charge in [-0.1, -0.05) is 13.8 Å². The Balaban J connectivity index is 2.46. The smallest absolute Gasteiger partial charge is 0.331 e. The third-order valence-electron chi connectivity index (χ3n) is 3.34. The van der Waals surface area contributed by atoms with Crippen molar-refractivity contribution < 1.29 is 9.59 Å². The third kappa shape index (κ3) is 3.33. The third-order valence-corrected chi connectivity index (χ3v) is 3.34. The lowest BCUT2D eigenvalue weighted by Gasteiger charge is -2.35. The van der Waals surface area contributed by atoms with Crippen molar-refractivity contribution in [1.82, 2.24) is 15.2 Å². The molecule has 6 heteroatoms. The van der Waals surface area contributed by atoms with Crippen LogP contribution in [0.1, 0.15) is 26.7 Å². The first-order chi connectivity index (χ1) is 8.13. The van der Waals surface area contributed by atoms with Crippen molar-refractivity contribution in [3.8, 4) is 0 Å². The van der Waals surface area contributed by atoms with Gasteiger partial charge < -0.3 is 9.80 Å². The molecule has 17 heavy (non-hydrogen) atoms. The fourth-order valence-corrected chi connectivity index (χ4v) is 2.12. The van der Waals surface area contributed by atoms with E-state index in [4.69, 9.17) is 5.84 Å². The van der Waals surface area contributed by atoms with E-state index in [9.17, 15) is 9.59 Å². The molecule has 1 saturated heterocycles. The summed E-state index contributed by atoms with van der Waals surface area (Å²) in [4.78, 5) is 26.8. The van der Waals surface area contributed by atoms with Crippen LogP contribution in [0.25, 0.3) is 0 Å². The SMILES string of the molecule is CCC(CC)C(=O)N1CCN(C(=O)NN)CC1. The summed E-state index contributed by atoms with van der Waals surface area (Å²) in [6.45, 7) is 6.36. The normalized spacial score (nSPS) is 16.2. The maximum absolute atomic E-state index is 12.1. The maximum Gasteiger partial charge on any atom is 0.331 e. The second kappa shape index (κ2) is 6.44. The van der Waals surface area contributed by atoms with Gasteiger partial charge in [0, 0.05) is 32.1 Å².